The molecule has 130 valence electrons. The number of fused-ring (bicyclic) bond motifs is 1. The minimum atomic E-state index is -0.0818. The quantitative estimate of drug-likeness (QED) is 0.921. The molecule has 0 radical (unpaired) electrons. The van der Waals surface area contributed by atoms with Gasteiger partial charge in [-0.1, -0.05) is 24.3 Å². The minimum Gasteiger partial charge on any atom is -0.339 e. The Bertz CT molecular complexity index is 725. The van der Waals surface area contributed by atoms with Crippen molar-refractivity contribution in [2.24, 2.45) is 0 Å². The van der Waals surface area contributed by atoms with Crippen LogP contribution in [0.25, 0.3) is 0 Å². The smallest absolute Gasteiger partial charge is 0.240 e. The van der Waals surface area contributed by atoms with Crippen LogP contribution in [0.5, 0.6) is 0 Å². The van der Waals surface area contributed by atoms with E-state index in [1.54, 1.807) is 0 Å². The number of hydrogen-bond acceptors (Lipinski definition) is 4. The summed E-state index contributed by atoms with van der Waals surface area (Å²) in [5, 5.41) is 3.41. The molecule has 1 aromatic heterocycles. The van der Waals surface area contributed by atoms with Gasteiger partial charge in [-0.25, -0.2) is 0 Å². The number of amides is 1. The summed E-state index contributed by atoms with van der Waals surface area (Å²) < 4.78 is 0. The SMILES string of the molecule is O=C(C1Cc2ccccc2CN1)N1CCN(Cc2ccncc2)CC1. The van der Waals surface area contributed by atoms with Gasteiger partial charge in [-0.2, -0.15) is 0 Å². The third-order valence-corrected chi connectivity index (χ3v) is 5.22. The molecule has 4 rings (SSSR count). The average Bonchev–Trinajstić information content (AvgIpc) is 2.68. The third kappa shape index (κ3) is 3.72. The summed E-state index contributed by atoms with van der Waals surface area (Å²) >= 11 is 0. The van der Waals surface area contributed by atoms with Crippen LogP contribution < -0.4 is 5.32 Å². The summed E-state index contributed by atoms with van der Waals surface area (Å²) in [6, 6.07) is 12.4. The first-order chi connectivity index (χ1) is 12.3. The van der Waals surface area contributed by atoms with E-state index in [1.165, 1.54) is 16.7 Å². The fourth-order valence-corrected chi connectivity index (χ4v) is 3.72. The minimum absolute atomic E-state index is 0.0818. The van der Waals surface area contributed by atoms with Gasteiger partial charge in [0.1, 0.15) is 0 Å². The number of rotatable bonds is 3. The number of nitrogens with zero attached hydrogens (tertiary/aromatic N) is 3. The van der Waals surface area contributed by atoms with E-state index in [4.69, 9.17) is 0 Å². The largest absolute Gasteiger partial charge is 0.339 e. The van der Waals surface area contributed by atoms with E-state index >= 15 is 0 Å². The molecule has 0 saturated carbocycles. The van der Waals surface area contributed by atoms with Crippen LogP contribution in [-0.4, -0.2) is 52.9 Å². The Labute approximate surface area is 148 Å². The van der Waals surface area contributed by atoms with Gasteiger partial charge < -0.3 is 10.2 Å². The fourth-order valence-electron chi connectivity index (χ4n) is 3.72. The monoisotopic (exact) mass is 336 g/mol. The van der Waals surface area contributed by atoms with Crippen molar-refractivity contribution in [3.05, 3.63) is 65.5 Å². The van der Waals surface area contributed by atoms with Gasteiger partial charge in [0, 0.05) is 51.7 Å². The standard InChI is InChI=1S/C20H24N4O/c25-20(19-13-17-3-1-2-4-18(17)14-22-19)24-11-9-23(10-12-24)15-16-5-7-21-8-6-16/h1-8,19,22H,9-15H2. The lowest BCUT2D eigenvalue weighted by Crippen LogP contribution is -2.55. The van der Waals surface area contributed by atoms with Crippen LogP contribution in [-0.2, 0) is 24.3 Å². The molecule has 25 heavy (non-hydrogen) atoms. The van der Waals surface area contributed by atoms with Gasteiger partial charge in [-0.3, -0.25) is 14.7 Å². The molecule has 1 saturated heterocycles. The van der Waals surface area contributed by atoms with E-state index < -0.39 is 0 Å². The van der Waals surface area contributed by atoms with E-state index in [-0.39, 0.29) is 11.9 Å². The van der Waals surface area contributed by atoms with Crippen molar-refractivity contribution in [3.63, 3.8) is 0 Å². The Morgan fingerprint density at radius 3 is 2.52 bits per heavy atom. The Morgan fingerprint density at radius 1 is 1.04 bits per heavy atom. The predicted octanol–water partition coefficient (Wildman–Crippen LogP) is 1.44. The number of aromatic nitrogens is 1. The lowest BCUT2D eigenvalue weighted by molar-refractivity contribution is -0.135. The molecule has 1 unspecified atom stereocenters. The van der Waals surface area contributed by atoms with E-state index in [2.05, 4.69) is 51.6 Å². The van der Waals surface area contributed by atoms with Crippen LogP contribution >= 0.6 is 0 Å². The third-order valence-electron chi connectivity index (χ3n) is 5.22. The first kappa shape index (κ1) is 16.2. The molecule has 1 fully saturated rings. The van der Waals surface area contributed by atoms with E-state index in [1.807, 2.05) is 17.3 Å². The van der Waals surface area contributed by atoms with Gasteiger partial charge >= 0.3 is 0 Å². The molecule has 3 heterocycles. The maximum atomic E-state index is 12.9. The number of benzene rings is 1. The molecule has 5 nitrogen and oxygen atoms in total. The summed E-state index contributed by atoms with van der Waals surface area (Å²) in [6.45, 7) is 5.19. The molecular weight excluding hydrogens is 312 g/mol. The number of hydrogen-bond donors (Lipinski definition) is 1. The summed E-state index contributed by atoms with van der Waals surface area (Å²) in [5.74, 6) is 0.248. The summed E-state index contributed by atoms with van der Waals surface area (Å²) in [5.41, 5.74) is 3.89. The van der Waals surface area contributed by atoms with E-state index in [0.29, 0.717) is 0 Å². The maximum absolute atomic E-state index is 12.9. The highest BCUT2D eigenvalue weighted by molar-refractivity contribution is 5.82. The maximum Gasteiger partial charge on any atom is 0.240 e. The molecule has 1 aromatic carbocycles. The molecule has 5 heteroatoms. The molecular formula is C20H24N4O. The second-order valence-corrected chi connectivity index (χ2v) is 6.86. The average molecular weight is 336 g/mol. The lowest BCUT2D eigenvalue weighted by atomic mass is 9.95. The number of pyridine rings is 1. The number of carbonyl (C=O) groups excluding carboxylic acids is 1. The number of carbonyl (C=O) groups is 1. The summed E-state index contributed by atoms with van der Waals surface area (Å²) in [4.78, 5) is 21.4. The van der Waals surface area contributed by atoms with Gasteiger partial charge in [0.05, 0.1) is 6.04 Å². The molecule has 2 aromatic rings. The Morgan fingerprint density at radius 2 is 1.76 bits per heavy atom. The second kappa shape index (κ2) is 7.33. The number of nitrogens with one attached hydrogen (secondary N) is 1. The molecule has 1 N–H and O–H groups in total. The van der Waals surface area contributed by atoms with Gasteiger partial charge in [-0.05, 0) is 35.2 Å². The van der Waals surface area contributed by atoms with Crippen molar-refractivity contribution in [2.75, 3.05) is 26.2 Å². The van der Waals surface area contributed by atoms with Crippen molar-refractivity contribution >= 4 is 5.91 Å². The van der Waals surface area contributed by atoms with Crippen LogP contribution in [0.2, 0.25) is 0 Å². The molecule has 0 aliphatic carbocycles. The molecule has 2 aliphatic heterocycles. The lowest BCUT2D eigenvalue weighted by Gasteiger charge is -2.37. The molecule has 0 bridgehead atoms. The zero-order valence-electron chi connectivity index (χ0n) is 14.4. The topological polar surface area (TPSA) is 48.5 Å². The van der Waals surface area contributed by atoms with Crippen LogP contribution in [0.3, 0.4) is 0 Å². The van der Waals surface area contributed by atoms with E-state index in [9.17, 15) is 4.79 Å². The van der Waals surface area contributed by atoms with Crippen LogP contribution in [0.15, 0.2) is 48.8 Å². The van der Waals surface area contributed by atoms with Gasteiger partial charge in [0.2, 0.25) is 5.91 Å². The molecule has 1 amide bonds. The van der Waals surface area contributed by atoms with Gasteiger partial charge in [-0.15, -0.1) is 0 Å². The summed E-state index contributed by atoms with van der Waals surface area (Å²) in [7, 11) is 0. The van der Waals surface area contributed by atoms with Crippen LogP contribution in [0, 0.1) is 0 Å². The highest BCUT2D eigenvalue weighted by Crippen LogP contribution is 2.18. The fraction of sp³-hybridized carbons (Fsp3) is 0.400. The highest BCUT2D eigenvalue weighted by atomic mass is 16.2. The first-order valence-electron chi connectivity index (χ1n) is 9.00. The van der Waals surface area contributed by atoms with Crippen molar-refractivity contribution < 1.29 is 4.79 Å². The first-order valence-corrected chi connectivity index (χ1v) is 9.00. The van der Waals surface area contributed by atoms with Crippen LogP contribution in [0.4, 0.5) is 0 Å². The molecule has 2 aliphatic rings. The van der Waals surface area contributed by atoms with E-state index in [0.717, 1.165) is 45.7 Å². The normalized spacial score (nSPS) is 21.0. The number of piperazine rings is 1. The van der Waals surface area contributed by atoms with Crippen molar-refractivity contribution in [1.82, 2.24) is 20.1 Å². The Hall–Kier alpha value is -2.24. The highest BCUT2D eigenvalue weighted by Gasteiger charge is 2.29. The Kier molecular flexibility index (Phi) is 4.76. The zero-order chi connectivity index (χ0) is 17.1. The predicted molar refractivity (Wildman–Crippen MR) is 96.9 cm³/mol. The summed E-state index contributed by atoms with van der Waals surface area (Å²) in [6.07, 6.45) is 4.47. The van der Waals surface area contributed by atoms with Crippen molar-refractivity contribution in [3.8, 4) is 0 Å². The van der Waals surface area contributed by atoms with Gasteiger partial charge in [0.15, 0.2) is 0 Å². The van der Waals surface area contributed by atoms with Crippen molar-refractivity contribution in [2.45, 2.75) is 25.6 Å². The van der Waals surface area contributed by atoms with Crippen molar-refractivity contribution in [1.29, 1.82) is 0 Å². The van der Waals surface area contributed by atoms with Crippen LogP contribution in [0.1, 0.15) is 16.7 Å². The molecule has 0 spiro atoms. The second-order valence-electron chi connectivity index (χ2n) is 6.86. The Balaban J connectivity index is 1.31. The van der Waals surface area contributed by atoms with Gasteiger partial charge in [0.25, 0.3) is 0 Å². The molecule has 1 atom stereocenters. The zero-order valence-corrected chi connectivity index (χ0v) is 14.4.